The number of anilines is 2. The number of aromatic amines is 1. The van der Waals surface area contributed by atoms with Crippen LogP contribution in [0.3, 0.4) is 0 Å². The molecule has 0 fully saturated rings. The van der Waals surface area contributed by atoms with Crippen LogP contribution in [-0.2, 0) is 12.8 Å². The highest BCUT2D eigenvalue weighted by atomic mass is 32.1. The summed E-state index contributed by atoms with van der Waals surface area (Å²) >= 11 is 1.22. The fourth-order valence-electron chi connectivity index (χ4n) is 2.02. The number of nitrogens with two attached hydrogens (primary N) is 2. The van der Waals surface area contributed by atoms with Crippen molar-refractivity contribution in [2.75, 3.05) is 11.5 Å². The number of H-pyrrole nitrogens is 1. The molecule has 0 radical (unpaired) electrons. The first-order valence-electron chi connectivity index (χ1n) is 6.42. The van der Waals surface area contributed by atoms with Crippen LogP contribution in [0.5, 0.6) is 0 Å². The lowest BCUT2D eigenvalue weighted by molar-refractivity contribution is 0.0702. The van der Waals surface area contributed by atoms with E-state index in [1.54, 1.807) is 6.07 Å². The summed E-state index contributed by atoms with van der Waals surface area (Å²) in [5.41, 5.74) is 12.2. The van der Waals surface area contributed by atoms with Crippen molar-refractivity contribution in [3.63, 3.8) is 0 Å². The molecule has 0 aliphatic heterocycles. The molecule has 0 aromatic carbocycles. The van der Waals surface area contributed by atoms with Gasteiger partial charge in [0.05, 0.1) is 5.56 Å². The normalized spacial score (nSPS) is 10.7. The van der Waals surface area contributed by atoms with E-state index < -0.39 is 5.97 Å². The summed E-state index contributed by atoms with van der Waals surface area (Å²) in [6.07, 6.45) is 2.88. The molecule has 0 saturated heterocycles. The van der Waals surface area contributed by atoms with E-state index in [0.717, 1.165) is 24.8 Å². The van der Waals surface area contributed by atoms with Gasteiger partial charge in [-0.05, 0) is 42.7 Å². The molecule has 0 unspecified atom stereocenters. The first-order valence-corrected chi connectivity index (χ1v) is 7.30. The number of rotatable bonds is 6. The molecule has 7 nitrogen and oxygen atoms in total. The number of nitrogens with zero attached hydrogens (tertiary/aromatic N) is 1. The van der Waals surface area contributed by atoms with Gasteiger partial charge in [0.25, 0.3) is 5.56 Å². The Morgan fingerprint density at radius 3 is 2.67 bits per heavy atom. The number of hydrogen-bond acceptors (Lipinski definition) is 6. The van der Waals surface area contributed by atoms with Crippen molar-refractivity contribution in [3.8, 4) is 0 Å². The SMILES string of the molecule is Nc1nc(N)c(CCCCc2csc(C(=O)O)c2)c(=O)[nH]1. The second-order valence-corrected chi connectivity index (χ2v) is 5.56. The Kier molecular flexibility index (Phi) is 4.59. The average molecular weight is 308 g/mol. The van der Waals surface area contributed by atoms with Crippen LogP contribution in [0.25, 0.3) is 0 Å². The number of carbonyl (C=O) groups is 1. The van der Waals surface area contributed by atoms with Gasteiger partial charge in [-0.3, -0.25) is 9.78 Å². The van der Waals surface area contributed by atoms with Crippen LogP contribution in [0.15, 0.2) is 16.2 Å². The summed E-state index contributed by atoms with van der Waals surface area (Å²) in [6.45, 7) is 0. The summed E-state index contributed by atoms with van der Waals surface area (Å²) < 4.78 is 0. The maximum atomic E-state index is 11.7. The maximum absolute atomic E-state index is 11.7. The minimum Gasteiger partial charge on any atom is -0.477 e. The van der Waals surface area contributed by atoms with Crippen LogP contribution < -0.4 is 17.0 Å². The van der Waals surface area contributed by atoms with Gasteiger partial charge in [-0.25, -0.2) is 4.79 Å². The molecule has 21 heavy (non-hydrogen) atoms. The van der Waals surface area contributed by atoms with Gasteiger partial charge in [0.1, 0.15) is 10.7 Å². The Bertz CT molecular complexity index is 708. The van der Waals surface area contributed by atoms with E-state index in [0.29, 0.717) is 16.9 Å². The van der Waals surface area contributed by atoms with Gasteiger partial charge < -0.3 is 16.6 Å². The summed E-state index contributed by atoms with van der Waals surface area (Å²) in [5, 5.41) is 10.7. The molecule has 0 saturated carbocycles. The molecule has 0 atom stereocenters. The molecule has 0 aliphatic rings. The van der Waals surface area contributed by atoms with Crippen LogP contribution in [0.4, 0.5) is 11.8 Å². The number of aromatic carboxylic acids is 1. The highest BCUT2D eigenvalue weighted by molar-refractivity contribution is 7.12. The molecule has 6 N–H and O–H groups in total. The summed E-state index contributed by atoms with van der Waals surface area (Å²) in [7, 11) is 0. The van der Waals surface area contributed by atoms with Crippen molar-refractivity contribution in [2.24, 2.45) is 0 Å². The van der Waals surface area contributed by atoms with Crippen molar-refractivity contribution >= 4 is 29.1 Å². The number of thiophene rings is 1. The number of unbranched alkanes of at least 4 members (excludes halogenated alkanes) is 1. The van der Waals surface area contributed by atoms with E-state index in [9.17, 15) is 9.59 Å². The molecule has 112 valence electrons. The summed E-state index contributed by atoms with van der Waals surface area (Å²) in [6, 6.07) is 1.68. The second kappa shape index (κ2) is 6.40. The minimum absolute atomic E-state index is 0.0146. The fourth-order valence-corrected chi connectivity index (χ4v) is 2.81. The molecule has 0 spiro atoms. The van der Waals surface area contributed by atoms with Crippen molar-refractivity contribution in [3.05, 3.63) is 37.8 Å². The number of hydrogen-bond donors (Lipinski definition) is 4. The third kappa shape index (κ3) is 3.82. The van der Waals surface area contributed by atoms with Crippen LogP contribution >= 0.6 is 11.3 Å². The number of nitrogen functional groups attached to an aromatic ring is 2. The number of aryl methyl sites for hydroxylation is 1. The molecule has 2 aromatic rings. The smallest absolute Gasteiger partial charge is 0.345 e. The lowest BCUT2D eigenvalue weighted by Gasteiger charge is -2.04. The lowest BCUT2D eigenvalue weighted by Crippen LogP contribution is -2.19. The van der Waals surface area contributed by atoms with Crippen LogP contribution in [0, 0.1) is 0 Å². The molecule has 0 aliphatic carbocycles. The Labute approximate surface area is 124 Å². The Morgan fingerprint density at radius 2 is 2.05 bits per heavy atom. The number of carboxylic acids is 1. The van der Waals surface area contributed by atoms with Crippen molar-refractivity contribution in [2.45, 2.75) is 25.7 Å². The van der Waals surface area contributed by atoms with Gasteiger partial charge in [0, 0.05) is 0 Å². The molecule has 0 amide bonds. The van der Waals surface area contributed by atoms with Crippen molar-refractivity contribution < 1.29 is 9.90 Å². The van der Waals surface area contributed by atoms with E-state index in [1.807, 2.05) is 5.38 Å². The monoisotopic (exact) mass is 308 g/mol. The van der Waals surface area contributed by atoms with Crippen LogP contribution in [0.1, 0.15) is 33.6 Å². The molecule has 8 heteroatoms. The zero-order valence-electron chi connectivity index (χ0n) is 11.3. The maximum Gasteiger partial charge on any atom is 0.345 e. The molecule has 0 bridgehead atoms. The van der Waals surface area contributed by atoms with Crippen molar-refractivity contribution in [1.82, 2.24) is 9.97 Å². The molecule has 2 rings (SSSR count). The van der Waals surface area contributed by atoms with E-state index in [4.69, 9.17) is 16.6 Å². The Balaban J connectivity index is 1.87. The molecular formula is C13H16N4O3S. The number of aromatic nitrogens is 2. The summed E-state index contributed by atoms with van der Waals surface area (Å²) in [4.78, 5) is 29.1. The molecule has 2 heterocycles. The topological polar surface area (TPSA) is 135 Å². The standard InChI is InChI=1S/C13H16N4O3S/c14-10-8(11(18)17-13(15)16-10)4-2-1-3-7-5-9(12(19)20)21-6-7/h5-6H,1-4H2,(H,19,20)(H5,14,15,16,17,18). The average Bonchev–Trinajstić information content (AvgIpc) is 2.85. The predicted molar refractivity (Wildman–Crippen MR) is 81.6 cm³/mol. The quantitative estimate of drug-likeness (QED) is 0.593. The first-order chi connectivity index (χ1) is 9.97. The van der Waals surface area contributed by atoms with Gasteiger partial charge in [-0.2, -0.15) is 4.98 Å². The van der Waals surface area contributed by atoms with Crippen LogP contribution in [-0.4, -0.2) is 21.0 Å². The van der Waals surface area contributed by atoms with Crippen LogP contribution in [0.2, 0.25) is 0 Å². The fraction of sp³-hybridized carbons (Fsp3) is 0.308. The Hall–Kier alpha value is -2.35. The highest BCUT2D eigenvalue weighted by Gasteiger charge is 2.09. The number of carboxylic acid groups (broad SMARTS) is 1. The van der Waals surface area contributed by atoms with Gasteiger partial charge in [-0.15, -0.1) is 11.3 Å². The zero-order valence-corrected chi connectivity index (χ0v) is 12.1. The van der Waals surface area contributed by atoms with E-state index in [1.165, 1.54) is 11.3 Å². The highest BCUT2D eigenvalue weighted by Crippen LogP contribution is 2.17. The van der Waals surface area contributed by atoms with E-state index in [-0.39, 0.29) is 17.3 Å². The largest absolute Gasteiger partial charge is 0.477 e. The zero-order chi connectivity index (χ0) is 15.4. The third-order valence-corrected chi connectivity index (χ3v) is 4.04. The predicted octanol–water partition coefficient (Wildman–Crippen LogP) is 1.26. The third-order valence-electron chi connectivity index (χ3n) is 3.07. The first kappa shape index (κ1) is 15.0. The van der Waals surface area contributed by atoms with Gasteiger partial charge in [-0.1, -0.05) is 0 Å². The van der Waals surface area contributed by atoms with E-state index in [2.05, 4.69) is 9.97 Å². The Morgan fingerprint density at radius 1 is 1.33 bits per heavy atom. The molecule has 2 aromatic heterocycles. The second-order valence-electron chi connectivity index (χ2n) is 4.65. The van der Waals surface area contributed by atoms with Gasteiger partial charge >= 0.3 is 5.97 Å². The van der Waals surface area contributed by atoms with Gasteiger partial charge in [0.2, 0.25) is 5.95 Å². The minimum atomic E-state index is -0.904. The van der Waals surface area contributed by atoms with E-state index >= 15 is 0 Å². The molecular weight excluding hydrogens is 292 g/mol. The summed E-state index contributed by atoms with van der Waals surface area (Å²) in [5.74, 6) is -0.723. The van der Waals surface area contributed by atoms with Crippen molar-refractivity contribution in [1.29, 1.82) is 0 Å². The number of nitrogens with one attached hydrogen (secondary N) is 1. The van der Waals surface area contributed by atoms with Gasteiger partial charge in [0.15, 0.2) is 0 Å². The lowest BCUT2D eigenvalue weighted by atomic mass is 10.1.